The number of anilines is 2. The first-order valence-electron chi connectivity index (χ1n) is 7.74. The van der Waals surface area contributed by atoms with Crippen LogP contribution in [0.3, 0.4) is 0 Å². The second kappa shape index (κ2) is 7.87. The summed E-state index contributed by atoms with van der Waals surface area (Å²) in [6, 6.07) is 7.27. The highest BCUT2D eigenvalue weighted by Crippen LogP contribution is 2.33. The van der Waals surface area contributed by atoms with Crippen LogP contribution in [-0.2, 0) is 15.7 Å². The third-order valence-corrected chi connectivity index (χ3v) is 4.08. The number of carbonyl (C=O) groups excluding carboxylic acids is 2. The van der Waals surface area contributed by atoms with E-state index in [0.717, 1.165) is 12.1 Å². The van der Waals surface area contributed by atoms with Crippen molar-refractivity contribution in [3.63, 3.8) is 0 Å². The molecule has 0 radical (unpaired) electrons. The van der Waals surface area contributed by atoms with Crippen LogP contribution in [0.4, 0.5) is 24.5 Å². The van der Waals surface area contributed by atoms with Crippen LogP contribution in [0.25, 0.3) is 0 Å². The Bertz CT molecular complexity index is 885. The molecule has 0 aliphatic carbocycles. The number of amides is 1. The number of esters is 1. The molecule has 9 heteroatoms. The number of hydrogen-bond acceptors (Lipinski definition) is 4. The van der Waals surface area contributed by atoms with E-state index < -0.39 is 29.7 Å². The molecule has 5 nitrogen and oxygen atoms in total. The number of benzene rings is 2. The Morgan fingerprint density at radius 3 is 2.52 bits per heavy atom. The van der Waals surface area contributed by atoms with Crippen LogP contribution in [0.5, 0.6) is 0 Å². The van der Waals surface area contributed by atoms with E-state index in [1.807, 2.05) is 0 Å². The maximum atomic E-state index is 12.8. The van der Waals surface area contributed by atoms with Crippen molar-refractivity contribution >= 4 is 34.9 Å². The Hall–Kier alpha value is -2.74. The summed E-state index contributed by atoms with van der Waals surface area (Å²) in [6.45, 7) is 2.98. The SMILES string of the molecule is Cc1cccc(C(=O)O[C@H](C)C(=O)Nc2cc(C(F)(F)F)ccc2Cl)c1N. The van der Waals surface area contributed by atoms with Gasteiger partial charge in [0.2, 0.25) is 0 Å². The molecule has 144 valence electrons. The number of rotatable bonds is 4. The van der Waals surface area contributed by atoms with Crippen molar-refractivity contribution < 1.29 is 27.5 Å². The van der Waals surface area contributed by atoms with Gasteiger partial charge in [-0.1, -0.05) is 23.7 Å². The van der Waals surface area contributed by atoms with Crippen molar-refractivity contribution in [1.82, 2.24) is 0 Å². The molecule has 0 aliphatic rings. The molecular formula is C18H16ClF3N2O3. The lowest BCUT2D eigenvalue weighted by Crippen LogP contribution is -2.30. The molecule has 0 fully saturated rings. The van der Waals surface area contributed by atoms with Crippen LogP contribution in [0.1, 0.15) is 28.4 Å². The van der Waals surface area contributed by atoms with Gasteiger partial charge in [0, 0.05) is 5.69 Å². The summed E-state index contributed by atoms with van der Waals surface area (Å²) in [4.78, 5) is 24.4. The average molecular weight is 401 g/mol. The molecule has 3 N–H and O–H groups in total. The largest absolute Gasteiger partial charge is 0.449 e. The smallest absolute Gasteiger partial charge is 0.416 e. The first kappa shape index (κ1) is 20.6. The predicted octanol–water partition coefficient (Wildman–Crippen LogP) is 4.43. The number of ether oxygens (including phenoxy) is 1. The number of nitrogens with one attached hydrogen (secondary N) is 1. The van der Waals surface area contributed by atoms with E-state index in [1.165, 1.54) is 13.0 Å². The number of para-hydroxylation sites is 1. The standard InChI is InChI=1S/C18H16ClF3N2O3/c1-9-4-3-5-12(15(9)23)17(26)27-10(2)16(25)24-14-8-11(18(20,21)22)6-7-13(14)19/h3-8,10H,23H2,1-2H3,(H,24,25)/t10-/m1/s1. The molecule has 0 aliphatic heterocycles. The Labute approximate surface area is 158 Å². The van der Waals surface area contributed by atoms with Gasteiger partial charge in [0.1, 0.15) is 0 Å². The lowest BCUT2D eigenvalue weighted by atomic mass is 10.1. The van der Waals surface area contributed by atoms with Crippen LogP contribution in [0.15, 0.2) is 36.4 Å². The van der Waals surface area contributed by atoms with E-state index in [4.69, 9.17) is 22.1 Å². The average Bonchev–Trinajstić information content (AvgIpc) is 2.58. The Morgan fingerprint density at radius 1 is 1.22 bits per heavy atom. The normalized spacial score (nSPS) is 12.4. The van der Waals surface area contributed by atoms with Gasteiger partial charge >= 0.3 is 12.1 Å². The zero-order valence-corrected chi connectivity index (χ0v) is 15.1. The third-order valence-electron chi connectivity index (χ3n) is 3.75. The van der Waals surface area contributed by atoms with E-state index >= 15 is 0 Å². The zero-order chi connectivity index (χ0) is 20.4. The van der Waals surface area contributed by atoms with E-state index in [-0.39, 0.29) is 22.0 Å². The third kappa shape index (κ3) is 4.91. The maximum Gasteiger partial charge on any atom is 0.416 e. The number of hydrogen-bond donors (Lipinski definition) is 2. The number of nitrogen functional groups attached to an aromatic ring is 1. The first-order valence-corrected chi connectivity index (χ1v) is 8.12. The van der Waals surface area contributed by atoms with Gasteiger partial charge in [0.15, 0.2) is 6.10 Å². The summed E-state index contributed by atoms with van der Waals surface area (Å²) in [7, 11) is 0. The molecular weight excluding hydrogens is 385 g/mol. The molecule has 0 bridgehead atoms. The second-order valence-electron chi connectivity index (χ2n) is 5.77. The Kier molecular flexibility index (Phi) is 6.00. The highest BCUT2D eigenvalue weighted by atomic mass is 35.5. The Morgan fingerprint density at radius 2 is 1.89 bits per heavy atom. The molecule has 2 aromatic carbocycles. The quantitative estimate of drug-likeness (QED) is 0.587. The molecule has 0 spiro atoms. The van der Waals surface area contributed by atoms with Gasteiger partial charge in [-0.2, -0.15) is 13.2 Å². The molecule has 0 heterocycles. The van der Waals surface area contributed by atoms with E-state index in [0.29, 0.717) is 11.6 Å². The number of halogens is 4. The highest BCUT2D eigenvalue weighted by molar-refractivity contribution is 6.33. The first-order chi connectivity index (χ1) is 12.5. The number of aryl methyl sites for hydroxylation is 1. The van der Waals surface area contributed by atoms with E-state index in [1.54, 1.807) is 19.1 Å². The van der Waals surface area contributed by atoms with Gasteiger partial charge < -0.3 is 15.8 Å². The molecule has 1 amide bonds. The lowest BCUT2D eigenvalue weighted by molar-refractivity contribution is -0.137. The molecule has 0 saturated carbocycles. The number of alkyl halides is 3. The lowest BCUT2D eigenvalue weighted by Gasteiger charge is -2.16. The van der Waals surface area contributed by atoms with Crippen molar-refractivity contribution in [2.75, 3.05) is 11.1 Å². The number of nitrogens with two attached hydrogens (primary N) is 1. The van der Waals surface area contributed by atoms with Crippen molar-refractivity contribution in [2.45, 2.75) is 26.1 Å². The summed E-state index contributed by atoms with van der Waals surface area (Å²) >= 11 is 5.83. The molecule has 0 saturated heterocycles. The topological polar surface area (TPSA) is 81.4 Å². The molecule has 27 heavy (non-hydrogen) atoms. The van der Waals surface area contributed by atoms with Crippen LogP contribution in [0, 0.1) is 6.92 Å². The van der Waals surface area contributed by atoms with E-state index in [2.05, 4.69) is 5.32 Å². The van der Waals surface area contributed by atoms with Gasteiger partial charge in [-0.15, -0.1) is 0 Å². The van der Waals surface area contributed by atoms with Gasteiger partial charge in [-0.3, -0.25) is 4.79 Å². The monoisotopic (exact) mass is 400 g/mol. The summed E-state index contributed by atoms with van der Waals surface area (Å²) in [6.07, 6.45) is -5.88. The van der Waals surface area contributed by atoms with Crippen molar-refractivity contribution in [3.8, 4) is 0 Å². The van der Waals surface area contributed by atoms with Gasteiger partial charge in [-0.05, 0) is 43.7 Å². The van der Waals surface area contributed by atoms with Crippen molar-refractivity contribution in [1.29, 1.82) is 0 Å². The highest BCUT2D eigenvalue weighted by Gasteiger charge is 2.31. The molecule has 0 unspecified atom stereocenters. The summed E-state index contributed by atoms with van der Waals surface area (Å²) in [5.41, 5.74) is 5.57. The minimum atomic E-state index is -4.59. The zero-order valence-electron chi connectivity index (χ0n) is 14.4. The van der Waals surface area contributed by atoms with Gasteiger partial charge in [0.25, 0.3) is 5.91 Å². The van der Waals surface area contributed by atoms with Crippen molar-refractivity contribution in [2.24, 2.45) is 0 Å². The summed E-state index contributed by atoms with van der Waals surface area (Å²) < 4.78 is 43.4. The maximum absolute atomic E-state index is 12.8. The van der Waals surface area contributed by atoms with E-state index in [9.17, 15) is 22.8 Å². The van der Waals surface area contributed by atoms with Gasteiger partial charge in [0.05, 0.1) is 21.8 Å². The molecule has 2 aromatic rings. The fourth-order valence-electron chi connectivity index (χ4n) is 2.17. The van der Waals surface area contributed by atoms with Crippen LogP contribution in [0.2, 0.25) is 5.02 Å². The molecule has 2 rings (SSSR count). The van der Waals surface area contributed by atoms with Crippen LogP contribution < -0.4 is 11.1 Å². The second-order valence-corrected chi connectivity index (χ2v) is 6.17. The van der Waals surface area contributed by atoms with Crippen LogP contribution in [-0.4, -0.2) is 18.0 Å². The minimum Gasteiger partial charge on any atom is -0.449 e. The minimum absolute atomic E-state index is 0.0854. The Balaban J connectivity index is 2.12. The van der Waals surface area contributed by atoms with Crippen molar-refractivity contribution in [3.05, 3.63) is 58.1 Å². The molecule has 1 atom stereocenters. The van der Waals surface area contributed by atoms with Crippen LogP contribution >= 0.6 is 11.6 Å². The fraction of sp³-hybridized carbons (Fsp3) is 0.222. The summed E-state index contributed by atoms with van der Waals surface area (Å²) in [5, 5.41) is 2.14. The molecule has 0 aromatic heterocycles. The summed E-state index contributed by atoms with van der Waals surface area (Å²) in [5.74, 6) is -1.66. The predicted molar refractivity (Wildman–Crippen MR) is 95.6 cm³/mol. The fourth-order valence-corrected chi connectivity index (χ4v) is 2.33. The van der Waals surface area contributed by atoms with Gasteiger partial charge in [-0.25, -0.2) is 4.79 Å². The number of carbonyl (C=O) groups is 2.